The molecule has 0 aromatic carbocycles. The van der Waals surface area contributed by atoms with Gasteiger partial charge in [0.15, 0.2) is 5.96 Å². The highest BCUT2D eigenvalue weighted by Crippen LogP contribution is 2.05. The summed E-state index contributed by atoms with van der Waals surface area (Å²) in [5.41, 5.74) is -0.477. The smallest absolute Gasteiger partial charge is 0.407 e. The minimum Gasteiger partial charge on any atom is -0.444 e. The first-order chi connectivity index (χ1) is 9.89. The van der Waals surface area contributed by atoms with Crippen LogP contribution in [0.15, 0.2) is 4.99 Å². The zero-order valence-corrected chi connectivity index (χ0v) is 13.9. The Bertz CT molecular complexity index is 314. The second-order valence-corrected chi connectivity index (χ2v) is 5.46. The van der Waals surface area contributed by atoms with Crippen LogP contribution in [0.5, 0.6) is 0 Å². The molecular formula is C14H30N4O3. The van der Waals surface area contributed by atoms with Crippen LogP contribution in [0.1, 0.15) is 34.1 Å². The Morgan fingerprint density at radius 3 is 2.38 bits per heavy atom. The van der Waals surface area contributed by atoms with Crippen molar-refractivity contribution in [2.45, 2.75) is 39.7 Å². The lowest BCUT2D eigenvalue weighted by atomic mass is 10.2. The minimum absolute atomic E-state index is 0.411. The first-order valence-corrected chi connectivity index (χ1v) is 7.37. The molecule has 0 bridgehead atoms. The van der Waals surface area contributed by atoms with E-state index >= 15 is 0 Å². The van der Waals surface area contributed by atoms with Gasteiger partial charge in [-0.1, -0.05) is 0 Å². The number of ether oxygens (including phenoxy) is 2. The SMILES string of the molecule is CCNC(=NCCCOC)NCCNC(=O)OC(C)(C)C. The van der Waals surface area contributed by atoms with Gasteiger partial charge in [-0.15, -0.1) is 0 Å². The lowest BCUT2D eigenvalue weighted by Gasteiger charge is -2.19. The molecule has 7 nitrogen and oxygen atoms in total. The van der Waals surface area contributed by atoms with E-state index in [1.807, 2.05) is 27.7 Å². The number of carbonyl (C=O) groups excluding carboxylic acids is 1. The molecule has 0 aliphatic rings. The third kappa shape index (κ3) is 13.2. The molecule has 0 radical (unpaired) electrons. The van der Waals surface area contributed by atoms with Crippen LogP contribution in [0.25, 0.3) is 0 Å². The predicted molar refractivity (Wildman–Crippen MR) is 84.7 cm³/mol. The maximum atomic E-state index is 11.5. The Balaban J connectivity index is 3.90. The molecule has 7 heteroatoms. The van der Waals surface area contributed by atoms with E-state index in [4.69, 9.17) is 9.47 Å². The number of aliphatic imine (C=N–C) groups is 1. The van der Waals surface area contributed by atoms with E-state index in [1.165, 1.54) is 0 Å². The van der Waals surface area contributed by atoms with Gasteiger partial charge in [0.25, 0.3) is 0 Å². The Morgan fingerprint density at radius 1 is 1.14 bits per heavy atom. The lowest BCUT2D eigenvalue weighted by Crippen LogP contribution is -2.42. The largest absolute Gasteiger partial charge is 0.444 e. The van der Waals surface area contributed by atoms with Gasteiger partial charge in [-0.05, 0) is 34.1 Å². The van der Waals surface area contributed by atoms with E-state index in [2.05, 4.69) is 20.9 Å². The highest BCUT2D eigenvalue weighted by atomic mass is 16.6. The second-order valence-electron chi connectivity index (χ2n) is 5.46. The van der Waals surface area contributed by atoms with Gasteiger partial charge >= 0.3 is 6.09 Å². The van der Waals surface area contributed by atoms with Crippen molar-refractivity contribution >= 4 is 12.1 Å². The molecule has 0 saturated heterocycles. The number of hydrogen-bond acceptors (Lipinski definition) is 4. The number of hydrogen-bond donors (Lipinski definition) is 3. The molecule has 0 aromatic rings. The lowest BCUT2D eigenvalue weighted by molar-refractivity contribution is 0.0529. The van der Waals surface area contributed by atoms with Gasteiger partial charge in [-0.25, -0.2) is 4.79 Å². The molecule has 0 fully saturated rings. The van der Waals surface area contributed by atoms with Gasteiger partial charge < -0.3 is 25.4 Å². The number of guanidine groups is 1. The van der Waals surface area contributed by atoms with Crippen molar-refractivity contribution in [1.29, 1.82) is 0 Å². The molecule has 3 N–H and O–H groups in total. The molecule has 0 spiro atoms. The highest BCUT2D eigenvalue weighted by molar-refractivity contribution is 5.79. The van der Waals surface area contributed by atoms with E-state index < -0.39 is 11.7 Å². The van der Waals surface area contributed by atoms with Gasteiger partial charge in [0.05, 0.1) is 0 Å². The molecule has 21 heavy (non-hydrogen) atoms. The van der Waals surface area contributed by atoms with E-state index in [0.29, 0.717) is 26.2 Å². The van der Waals surface area contributed by atoms with Gasteiger partial charge in [0.1, 0.15) is 5.60 Å². The van der Waals surface area contributed by atoms with Crippen molar-refractivity contribution < 1.29 is 14.3 Å². The molecule has 0 unspecified atom stereocenters. The first-order valence-electron chi connectivity index (χ1n) is 7.37. The molecule has 0 rings (SSSR count). The maximum Gasteiger partial charge on any atom is 0.407 e. The summed E-state index contributed by atoms with van der Waals surface area (Å²) in [4.78, 5) is 15.8. The van der Waals surface area contributed by atoms with Crippen LogP contribution < -0.4 is 16.0 Å². The van der Waals surface area contributed by atoms with Crippen LogP contribution in [0.4, 0.5) is 4.79 Å². The molecule has 0 saturated carbocycles. The summed E-state index contributed by atoms with van der Waals surface area (Å²) < 4.78 is 10.1. The molecule has 0 aromatic heterocycles. The summed E-state index contributed by atoms with van der Waals surface area (Å²) in [6.45, 7) is 10.7. The fraction of sp³-hybridized carbons (Fsp3) is 0.857. The second kappa shape index (κ2) is 11.2. The summed E-state index contributed by atoms with van der Waals surface area (Å²) in [7, 11) is 1.68. The average molecular weight is 302 g/mol. The normalized spacial score (nSPS) is 12.0. The van der Waals surface area contributed by atoms with Crippen LogP contribution >= 0.6 is 0 Å². The Morgan fingerprint density at radius 2 is 1.81 bits per heavy atom. The van der Waals surface area contributed by atoms with Crippen molar-refractivity contribution in [3.05, 3.63) is 0 Å². The number of rotatable bonds is 8. The summed E-state index contributed by atoms with van der Waals surface area (Å²) in [6, 6.07) is 0. The van der Waals surface area contributed by atoms with Crippen molar-refractivity contribution in [1.82, 2.24) is 16.0 Å². The maximum absolute atomic E-state index is 11.5. The molecule has 0 atom stereocenters. The van der Waals surface area contributed by atoms with Crippen LogP contribution in [0.2, 0.25) is 0 Å². The molecule has 0 aliphatic carbocycles. The van der Waals surface area contributed by atoms with E-state index in [0.717, 1.165) is 18.9 Å². The molecular weight excluding hydrogens is 272 g/mol. The van der Waals surface area contributed by atoms with E-state index in [-0.39, 0.29) is 0 Å². The predicted octanol–water partition coefficient (Wildman–Crippen LogP) is 1.10. The van der Waals surface area contributed by atoms with Crippen LogP contribution in [0, 0.1) is 0 Å². The minimum atomic E-state index is -0.477. The Kier molecular flexibility index (Phi) is 10.4. The summed E-state index contributed by atoms with van der Waals surface area (Å²) in [5.74, 6) is 0.736. The summed E-state index contributed by atoms with van der Waals surface area (Å²) in [5, 5.41) is 8.97. The zero-order valence-electron chi connectivity index (χ0n) is 13.9. The monoisotopic (exact) mass is 302 g/mol. The zero-order chi connectivity index (χ0) is 16.1. The summed E-state index contributed by atoms with van der Waals surface area (Å²) >= 11 is 0. The summed E-state index contributed by atoms with van der Waals surface area (Å²) in [6.07, 6.45) is 0.467. The number of nitrogens with zero attached hydrogens (tertiary/aromatic N) is 1. The van der Waals surface area contributed by atoms with Crippen molar-refractivity contribution in [3.8, 4) is 0 Å². The first kappa shape index (κ1) is 19.5. The van der Waals surface area contributed by atoms with E-state index in [1.54, 1.807) is 7.11 Å². The number of alkyl carbamates (subject to hydrolysis) is 1. The highest BCUT2D eigenvalue weighted by Gasteiger charge is 2.15. The standard InChI is InChI=1S/C14H30N4O3/c1-6-15-12(16-8-7-11-20-5)17-9-10-18-13(19)21-14(2,3)4/h6-11H2,1-5H3,(H,18,19)(H2,15,16,17). The van der Waals surface area contributed by atoms with Crippen molar-refractivity contribution in [2.24, 2.45) is 4.99 Å². The fourth-order valence-electron chi connectivity index (χ4n) is 1.40. The van der Waals surface area contributed by atoms with Crippen LogP contribution in [0.3, 0.4) is 0 Å². The fourth-order valence-corrected chi connectivity index (χ4v) is 1.40. The third-order valence-electron chi connectivity index (χ3n) is 2.21. The number of nitrogens with one attached hydrogen (secondary N) is 3. The number of methoxy groups -OCH3 is 1. The Hall–Kier alpha value is -1.50. The van der Waals surface area contributed by atoms with Crippen molar-refractivity contribution in [3.63, 3.8) is 0 Å². The van der Waals surface area contributed by atoms with E-state index in [9.17, 15) is 4.79 Å². The van der Waals surface area contributed by atoms with Crippen LogP contribution in [-0.4, -0.2) is 57.5 Å². The van der Waals surface area contributed by atoms with Crippen LogP contribution in [-0.2, 0) is 9.47 Å². The molecule has 1 amide bonds. The molecule has 0 aliphatic heterocycles. The molecule has 124 valence electrons. The van der Waals surface area contributed by atoms with Gasteiger partial charge in [-0.3, -0.25) is 4.99 Å². The molecule has 0 heterocycles. The van der Waals surface area contributed by atoms with Gasteiger partial charge in [0, 0.05) is 39.9 Å². The number of carbonyl (C=O) groups is 1. The van der Waals surface area contributed by atoms with Crippen molar-refractivity contribution in [2.75, 3.05) is 39.9 Å². The third-order valence-corrected chi connectivity index (χ3v) is 2.21. The number of amides is 1. The Labute approximate surface area is 127 Å². The van der Waals surface area contributed by atoms with Gasteiger partial charge in [0.2, 0.25) is 0 Å². The topological polar surface area (TPSA) is 84.0 Å². The quantitative estimate of drug-likeness (QED) is 0.355. The average Bonchev–Trinajstić information content (AvgIpc) is 2.37. The van der Waals surface area contributed by atoms with Gasteiger partial charge in [-0.2, -0.15) is 0 Å².